The Morgan fingerprint density at radius 1 is 1.15 bits per heavy atom. The van der Waals surface area contributed by atoms with Gasteiger partial charge in [-0.1, -0.05) is 6.07 Å². The minimum absolute atomic E-state index is 0.0771. The number of methoxy groups -OCH3 is 3. The molecule has 1 amide bonds. The lowest BCUT2D eigenvalue weighted by atomic mass is 10.1. The summed E-state index contributed by atoms with van der Waals surface area (Å²) in [5, 5.41) is 13.7. The third kappa shape index (κ3) is 3.57. The second-order valence-corrected chi connectivity index (χ2v) is 5.96. The summed E-state index contributed by atoms with van der Waals surface area (Å²) in [6.07, 6.45) is 0. The zero-order valence-electron chi connectivity index (χ0n) is 14.6. The van der Waals surface area contributed by atoms with Gasteiger partial charge >= 0.3 is 0 Å². The Balaban J connectivity index is 2.48. The number of hydrogen-bond acceptors (Lipinski definition) is 6. The van der Waals surface area contributed by atoms with Crippen LogP contribution in [0.1, 0.15) is 15.9 Å². The van der Waals surface area contributed by atoms with Crippen LogP contribution in [0.3, 0.4) is 0 Å². The van der Waals surface area contributed by atoms with Crippen LogP contribution in [0.2, 0.25) is 0 Å². The molecule has 2 aromatic rings. The SMILES string of the molecule is COc1cc(C(=O)Nc2cccc([N+](=O)[O-])c2C)c(Br)c(OC)c1OC. The first-order chi connectivity index (χ1) is 12.3. The van der Waals surface area contributed by atoms with Gasteiger partial charge in [-0.15, -0.1) is 0 Å². The molecule has 0 spiro atoms. The highest BCUT2D eigenvalue weighted by atomic mass is 79.9. The molecule has 2 rings (SSSR count). The third-order valence-corrected chi connectivity index (χ3v) is 4.55. The van der Waals surface area contributed by atoms with E-state index < -0.39 is 10.8 Å². The van der Waals surface area contributed by atoms with Crippen LogP contribution in [0.5, 0.6) is 17.2 Å². The highest BCUT2D eigenvalue weighted by Crippen LogP contribution is 2.45. The molecule has 26 heavy (non-hydrogen) atoms. The van der Waals surface area contributed by atoms with E-state index in [4.69, 9.17) is 14.2 Å². The smallest absolute Gasteiger partial charge is 0.274 e. The molecule has 0 heterocycles. The van der Waals surface area contributed by atoms with E-state index in [0.717, 1.165) is 0 Å². The summed E-state index contributed by atoms with van der Waals surface area (Å²) in [7, 11) is 4.34. The van der Waals surface area contributed by atoms with Crippen molar-refractivity contribution in [2.45, 2.75) is 6.92 Å². The molecule has 2 aromatic carbocycles. The van der Waals surface area contributed by atoms with Crippen LogP contribution >= 0.6 is 15.9 Å². The number of nitro groups is 1. The number of nitrogens with zero attached hydrogens (tertiary/aromatic N) is 1. The second-order valence-electron chi connectivity index (χ2n) is 5.17. The van der Waals surface area contributed by atoms with E-state index in [9.17, 15) is 14.9 Å². The van der Waals surface area contributed by atoms with E-state index in [1.54, 1.807) is 13.0 Å². The van der Waals surface area contributed by atoms with E-state index in [2.05, 4.69) is 21.2 Å². The predicted octanol–water partition coefficient (Wildman–Crippen LogP) is 3.94. The second kappa shape index (κ2) is 8.05. The van der Waals surface area contributed by atoms with Crippen LogP contribution in [0.25, 0.3) is 0 Å². The van der Waals surface area contributed by atoms with Gasteiger partial charge in [-0.25, -0.2) is 0 Å². The van der Waals surface area contributed by atoms with Crippen molar-refractivity contribution >= 4 is 33.2 Å². The quantitative estimate of drug-likeness (QED) is 0.556. The number of hydrogen-bond donors (Lipinski definition) is 1. The standard InChI is InChI=1S/C17H17BrN2O6/c1-9-11(6-5-7-12(9)20(22)23)19-17(21)10-8-13(24-2)15(25-3)16(26-4)14(10)18/h5-8H,1-4H3,(H,19,21). The fraction of sp³-hybridized carbons (Fsp3) is 0.235. The van der Waals surface area contributed by atoms with E-state index in [1.165, 1.54) is 39.5 Å². The molecule has 0 saturated heterocycles. The largest absolute Gasteiger partial charge is 0.493 e. The van der Waals surface area contributed by atoms with Gasteiger partial charge in [-0.2, -0.15) is 0 Å². The van der Waals surface area contributed by atoms with Crippen molar-refractivity contribution in [2.24, 2.45) is 0 Å². The van der Waals surface area contributed by atoms with E-state index >= 15 is 0 Å². The third-order valence-electron chi connectivity index (χ3n) is 3.76. The summed E-state index contributed by atoms with van der Waals surface area (Å²) in [6.45, 7) is 1.57. The van der Waals surface area contributed by atoms with Crippen LogP contribution < -0.4 is 19.5 Å². The lowest BCUT2D eigenvalue weighted by Crippen LogP contribution is -2.15. The highest BCUT2D eigenvalue weighted by molar-refractivity contribution is 9.10. The van der Waals surface area contributed by atoms with Gasteiger partial charge in [0.1, 0.15) is 0 Å². The fourth-order valence-corrected chi connectivity index (χ4v) is 3.07. The van der Waals surface area contributed by atoms with Gasteiger partial charge in [-0.3, -0.25) is 14.9 Å². The number of benzene rings is 2. The van der Waals surface area contributed by atoms with E-state index in [-0.39, 0.29) is 11.3 Å². The van der Waals surface area contributed by atoms with Crippen molar-refractivity contribution < 1.29 is 23.9 Å². The molecule has 0 aromatic heterocycles. The zero-order chi connectivity index (χ0) is 19.4. The maximum Gasteiger partial charge on any atom is 0.274 e. The first kappa shape index (κ1) is 19.5. The highest BCUT2D eigenvalue weighted by Gasteiger charge is 2.24. The first-order valence-electron chi connectivity index (χ1n) is 7.39. The topological polar surface area (TPSA) is 99.9 Å². The van der Waals surface area contributed by atoms with Crippen LogP contribution in [0, 0.1) is 17.0 Å². The lowest BCUT2D eigenvalue weighted by molar-refractivity contribution is -0.385. The summed E-state index contributed by atoms with van der Waals surface area (Å²) in [6, 6.07) is 5.96. The fourth-order valence-electron chi connectivity index (χ4n) is 2.43. The molecule has 0 unspecified atom stereocenters. The van der Waals surface area contributed by atoms with Crippen molar-refractivity contribution in [1.29, 1.82) is 0 Å². The van der Waals surface area contributed by atoms with Crippen molar-refractivity contribution in [2.75, 3.05) is 26.6 Å². The average Bonchev–Trinajstić information content (AvgIpc) is 2.62. The molecule has 0 aliphatic heterocycles. The molecule has 0 bridgehead atoms. The summed E-state index contributed by atoms with van der Waals surface area (Å²) in [5.41, 5.74) is 0.844. The van der Waals surface area contributed by atoms with Gasteiger partial charge < -0.3 is 19.5 Å². The molecule has 0 atom stereocenters. The monoisotopic (exact) mass is 424 g/mol. The Kier molecular flexibility index (Phi) is 6.04. The number of nitro benzene ring substituents is 1. The summed E-state index contributed by atoms with van der Waals surface area (Å²) in [5.74, 6) is 0.464. The molecular formula is C17H17BrN2O6. The molecule has 8 nitrogen and oxygen atoms in total. The Morgan fingerprint density at radius 3 is 2.35 bits per heavy atom. The van der Waals surface area contributed by atoms with Crippen LogP contribution in [0.4, 0.5) is 11.4 Å². The maximum atomic E-state index is 12.7. The summed E-state index contributed by atoms with van der Waals surface area (Å²) < 4.78 is 16.2. The number of carbonyl (C=O) groups is 1. The first-order valence-corrected chi connectivity index (χ1v) is 8.18. The number of nitrogens with one attached hydrogen (secondary N) is 1. The lowest BCUT2D eigenvalue weighted by Gasteiger charge is -2.17. The number of anilines is 1. The van der Waals surface area contributed by atoms with Crippen molar-refractivity contribution in [1.82, 2.24) is 0 Å². The van der Waals surface area contributed by atoms with Crippen LogP contribution in [-0.2, 0) is 0 Å². The molecule has 0 radical (unpaired) electrons. The average molecular weight is 425 g/mol. The molecule has 9 heteroatoms. The summed E-state index contributed by atoms with van der Waals surface area (Å²) in [4.78, 5) is 23.3. The van der Waals surface area contributed by atoms with Gasteiger partial charge in [0, 0.05) is 6.07 Å². The van der Waals surface area contributed by atoms with Crippen molar-refractivity contribution in [3.05, 3.63) is 50.0 Å². The van der Waals surface area contributed by atoms with E-state index in [1.807, 2.05) is 0 Å². The normalized spacial score (nSPS) is 10.2. The number of halogens is 1. The Labute approximate surface area is 158 Å². The number of amides is 1. The van der Waals surface area contributed by atoms with Gasteiger partial charge in [0.25, 0.3) is 11.6 Å². The molecule has 1 N–H and O–H groups in total. The van der Waals surface area contributed by atoms with Gasteiger partial charge in [0.15, 0.2) is 11.5 Å². The molecular weight excluding hydrogens is 408 g/mol. The minimum atomic E-state index is -0.500. The van der Waals surface area contributed by atoms with Gasteiger partial charge in [-0.05, 0) is 35.0 Å². The van der Waals surface area contributed by atoms with Crippen molar-refractivity contribution in [3.8, 4) is 17.2 Å². The number of carbonyl (C=O) groups excluding carboxylic acids is 1. The van der Waals surface area contributed by atoms with Crippen LogP contribution in [0.15, 0.2) is 28.7 Å². The summed E-state index contributed by atoms with van der Waals surface area (Å²) >= 11 is 3.34. The molecule has 0 aliphatic rings. The molecule has 138 valence electrons. The number of rotatable bonds is 6. The predicted molar refractivity (Wildman–Crippen MR) is 99.6 cm³/mol. The maximum absolute atomic E-state index is 12.7. The van der Waals surface area contributed by atoms with Gasteiger partial charge in [0.05, 0.1) is 47.5 Å². The van der Waals surface area contributed by atoms with E-state index in [0.29, 0.717) is 33.0 Å². The van der Waals surface area contributed by atoms with Crippen LogP contribution in [-0.4, -0.2) is 32.2 Å². The molecule has 0 aliphatic carbocycles. The van der Waals surface area contributed by atoms with Gasteiger partial charge in [0.2, 0.25) is 5.75 Å². The Morgan fingerprint density at radius 2 is 1.81 bits per heavy atom. The Hall–Kier alpha value is -2.81. The van der Waals surface area contributed by atoms with Crippen molar-refractivity contribution in [3.63, 3.8) is 0 Å². The molecule has 0 fully saturated rings. The zero-order valence-corrected chi connectivity index (χ0v) is 16.2. The molecule has 0 saturated carbocycles. The Bertz CT molecular complexity index is 869. The number of ether oxygens (including phenoxy) is 3. The minimum Gasteiger partial charge on any atom is -0.493 e.